The number of H-pyrrole nitrogens is 1. The van der Waals surface area contributed by atoms with Crippen LogP contribution in [0.2, 0.25) is 0 Å². The number of hydrogen-bond acceptors (Lipinski definition) is 8. The molecule has 0 radical (unpaired) electrons. The maximum atomic E-state index is 12.5. The fraction of sp³-hybridized carbons (Fsp3) is 0.471. The molecule has 0 unspecified atom stereocenters. The van der Waals surface area contributed by atoms with Crippen LogP contribution in [-0.2, 0) is 9.47 Å². The number of nitrogens with zero attached hydrogens (tertiary/aromatic N) is 5. The average Bonchev–Trinajstić information content (AvgIpc) is 3.00. The lowest BCUT2D eigenvalue weighted by Gasteiger charge is -2.36. The largest absolute Gasteiger partial charge is 0.444 e. The van der Waals surface area contributed by atoms with E-state index in [1.54, 1.807) is 38.9 Å². The number of benzene rings is 1. The molecule has 1 N–H and O–H groups in total. The quantitative estimate of drug-likeness (QED) is 0.452. The summed E-state index contributed by atoms with van der Waals surface area (Å²) in [5, 5.41) is 0. The zero-order valence-corrected chi connectivity index (χ0v) is 27.7. The lowest BCUT2D eigenvalue weighted by molar-refractivity contribution is 0.0230. The molecular weight excluding hydrogens is 588 g/mol. The molecule has 0 spiro atoms. The number of para-hydroxylation sites is 1. The number of hydrogen-bond donors (Lipinski definition) is 1. The maximum absolute atomic E-state index is 12.5. The molecule has 0 atom stereocenters. The van der Waals surface area contributed by atoms with E-state index in [9.17, 15) is 19.2 Å². The number of anilines is 2. The van der Waals surface area contributed by atoms with Crippen LogP contribution < -0.4 is 20.9 Å². The van der Waals surface area contributed by atoms with Gasteiger partial charge >= 0.3 is 12.2 Å². The van der Waals surface area contributed by atoms with Gasteiger partial charge in [-0.3, -0.25) is 14.2 Å². The van der Waals surface area contributed by atoms with E-state index in [0.29, 0.717) is 52.4 Å². The van der Waals surface area contributed by atoms with Gasteiger partial charge in [0.2, 0.25) is 5.56 Å². The number of amides is 2. The number of nitrogens with one attached hydrogen (secondary N) is 1. The number of aromatic amines is 1. The molecule has 46 heavy (non-hydrogen) atoms. The van der Waals surface area contributed by atoms with Crippen molar-refractivity contribution in [2.24, 2.45) is 0 Å². The van der Waals surface area contributed by atoms with E-state index in [1.807, 2.05) is 84.0 Å². The fourth-order valence-electron chi connectivity index (χ4n) is 5.04. The smallest absolute Gasteiger partial charge is 0.410 e. The third-order valence-corrected chi connectivity index (χ3v) is 7.29. The zero-order chi connectivity index (χ0) is 33.5. The molecule has 2 amide bonds. The maximum Gasteiger partial charge on any atom is 0.410 e. The van der Waals surface area contributed by atoms with Crippen LogP contribution in [0.5, 0.6) is 0 Å². The van der Waals surface area contributed by atoms with Crippen molar-refractivity contribution >= 4 is 23.6 Å². The van der Waals surface area contributed by atoms with Crippen molar-refractivity contribution in [2.45, 2.75) is 52.7 Å². The monoisotopic (exact) mass is 634 g/mol. The molecule has 3 aromatic rings. The average molecular weight is 635 g/mol. The summed E-state index contributed by atoms with van der Waals surface area (Å²) in [6.45, 7) is 16.3. The molecule has 1 aromatic carbocycles. The van der Waals surface area contributed by atoms with Crippen LogP contribution in [-0.4, -0.2) is 95.1 Å². The highest BCUT2D eigenvalue weighted by Crippen LogP contribution is 2.18. The predicted molar refractivity (Wildman–Crippen MR) is 179 cm³/mol. The van der Waals surface area contributed by atoms with Gasteiger partial charge in [0, 0.05) is 93.9 Å². The minimum atomic E-state index is -0.490. The first kappa shape index (κ1) is 34.1. The minimum absolute atomic E-state index is 0.0664. The Morgan fingerprint density at radius 2 is 1.11 bits per heavy atom. The second kappa shape index (κ2) is 14.6. The standard InChI is InChI=1S/C20H25N3O3.C14H21N3O3/c1-20(2,3)26-19(25)22-13-11-21(12-14-22)17-9-10-23(18(24)15-17)16-7-5-4-6-8-16;1-14(2,3)20-13(19)17-8-6-16(7-9-17)11-4-5-15-12(18)10-11/h4-10,15H,11-14H2,1-3H3;4-5,10H,6-9H2,1-3H3,(H,15,18). The number of ether oxygens (including phenoxy) is 2. The molecular formula is C34H46N6O6. The van der Waals surface area contributed by atoms with Crippen LogP contribution in [0.4, 0.5) is 21.0 Å². The fourth-order valence-corrected chi connectivity index (χ4v) is 5.04. The van der Waals surface area contributed by atoms with Gasteiger partial charge in [-0.25, -0.2) is 9.59 Å². The lowest BCUT2D eigenvalue weighted by Crippen LogP contribution is -2.50. The SMILES string of the molecule is CC(C)(C)OC(=O)N1CCN(c2cc[nH]c(=O)c2)CC1.CC(C)(C)OC(=O)N1CCN(c2ccn(-c3ccccc3)c(=O)c2)CC1. The summed E-state index contributed by atoms with van der Waals surface area (Å²) in [7, 11) is 0. The number of piperazine rings is 2. The van der Waals surface area contributed by atoms with Gasteiger partial charge in [-0.05, 0) is 65.8 Å². The molecule has 4 heterocycles. The summed E-state index contributed by atoms with van der Waals surface area (Å²) in [6, 6.07) is 16.6. The van der Waals surface area contributed by atoms with E-state index in [-0.39, 0.29) is 23.3 Å². The normalized spacial score (nSPS) is 15.5. The molecule has 5 rings (SSSR count). The molecule has 2 saturated heterocycles. The third-order valence-electron chi connectivity index (χ3n) is 7.29. The Morgan fingerprint density at radius 3 is 1.54 bits per heavy atom. The summed E-state index contributed by atoms with van der Waals surface area (Å²) in [6.07, 6.45) is 2.88. The summed E-state index contributed by atoms with van der Waals surface area (Å²) < 4.78 is 12.4. The van der Waals surface area contributed by atoms with Crippen LogP contribution in [0, 0.1) is 0 Å². The molecule has 2 aliphatic heterocycles. The number of aromatic nitrogens is 2. The number of rotatable bonds is 3. The first-order chi connectivity index (χ1) is 21.7. The van der Waals surface area contributed by atoms with E-state index in [1.165, 1.54) is 0 Å². The predicted octanol–water partition coefficient (Wildman–Crippen LogP) is 4.33. The van der Waals surface area contributed by atoms with Crippen LogP contribution in [0.25, 0.3) is 5.69 Å². The molecule has 2 aromatic heterocycles. The van der Waals surface area contributed by atoms with E-state index in [4.69, 9.17) is 9.47 Å². The van der Waals surface area contributed by atoms with E-state index in [2.05, 4.69) is 14.8 Å². The summed E-state index contributed by atoms with van der Waals surface area (Å²) in [5.74, 6) is 0. The Morgan fingerprint density at radius 1 is 0.630 bits per heavy atom. The molecule has 0 bridgehead atoms. The van der Waals surface area contributed by atoms with Crippen molar-refractivity contribution in [3.05, 3.63) is 87.7 Å². The summed E-state index contributed by atoms with van der Waals surface area (Å²) in [5.41, 5.74) is 1.47. The number of carbonyl (C=O) groups is 2. The van der Waals surface area contributed by atoms with Crippen molar-refractivity contribution in [1.82, 2.24) is 19.4 Å². The van der Waals surface area contributed by atoms with E-state index < -0.39 is 11.2 Å². The van der Waals surface area contributed by atoms with Crippen molar-refractivity contribution in [3.63, 3.8) is 0 Å². The highest BCUT2D eigenvalue weighted by Gasteiger charge is 2.27. The first-order valence-electron chi connectivity index (χ1n) is 15.6. The Hall–Kier alpha value is -4.74. The second-order valence-corrected chi connectivity index (χ2v) is 13.2. The summed E-state index contributed by atoms with van der Waals surface area (Å²) in [4.78, 5) is 58.1. The summed E-state index contributed by atoms with van der Waals surface area (Å²) >= 11 is 0. The van der Waals surface area contributed by atoms with Crippen molar-refractivity contribution in [1.29, 1.82) is 0 Å². The Kier molecular flexibility index (Phi) is 10.8. The second-order valence-electron chi connectivity index (χ2n) is 13.2. The van der Waals surface area contributed by atoms with Gasteiger partial charge in [0.1, 0.15) is 11.2 Å². The van der Waals surface area contributed by atoms with Crippen molar-refractivity contribution < 1.29 is 19.1 Å². The topological polar surface area (TPSA) is 120 Å². The van der Waals surface area contributed by atoms with Crippen LogP contribution in [0.3, 0.4) is 0 Å². The van der Waals surface area contributed by atoms with E-state index in [0.717, 1.165) is 17.1 Å². The van der Waals surface area contributed by atoms with Gasteiger partial charge in [-0.15, -0.1) is 0 Å². The van der Waals surface area contributed by atoms with Gasteiger partial charge in [0.15, 0.2) is 0 Å². The molecule has 12 nitrogen and oxygen atoms in total. The lowest BCUT2D eigenvalue weighted by atomic mass is 10.2. The molecule has 2 fully saturated rings. The Labute approximate surface area is 270 Å². The number of carbonyl (C=O) groups excluding carboxylic acids is 2. The highest BCUT2D eigenvalue weighted by molar-refractivity contribution is 5.69. The van der Waals surface area contributed by atoms with Crippen LogP contribution in [0.15, 0.2) is 76.6 Å². The van der Waals surface area contributed by atoms with Gasteiger partial charge in [0.25, 0.3) is 5.56 Å². The number of pyridine rings is 2. The molecule has 0 aliphatic carbocycles. The zero-order valence-electron chi connectivity index (χ0n) is 27.7. The first-order valence-corrected chi connectivity index (χ1v) is 15.6. The molecule has 0 saturated carbocycles. The van der Waals surface area contributed by atoms with Gasteiger partial charge in [0.05, 0.1) is 0 Å². The minimum Gasteiger partial charge on any atom is -0.444 e. The Bertz CT molecular complexity index is 1570. The van der Waals surface area contributed by atoms with Crippen LogP contribution >= 0.6 is 0 Å². The molecule has 12 heteroatoms. The van der Waals surface area contributed by atoms with Crippen LogP contribution in [0.1, 0.15) is 41.5 Å². The van der Waals surface area contributed by atoms with Crippen molar-refractivity contribution in [2.75, 3.05) is 62.2 Å². The van der Waals surface area contributed by atoms with Gasteiger partial charge in [-0.1, -0.05) is 18.2 Å². The molecule has 248 valence electrons. The van der Waals surface area contributed by atoms with Gasteiger partial charge < -0.3 is 34.1 Å². The highest BCUT2D eigenvalue weighted by atomic mass is 16.6. The van der Waals surface area contributed by atoms with Crippen molar-refractivity contribution in [3.8, 4) is 5.69 Å². The molecule has 2 aliphatic rings. The van der Waals surface area contributed by atoms with E-state index >= 15 is 0 Å². The Balaban J connectivity index is 0.000000216. The van der Waals surface area contributed by atoms with Gasteiger partial charge in [-0.2, -0.15) is 0 Å². The third kappa shape index (κ3) is 9.88.